The molecule has 21 heavy (non-hydrogen) atoms. The van der Waals surface area contributed by atoms with Gasteiger partial charge in [0, 0.05) is 10.7 Å². The molecule has 1 aliphatic rings. The molecule has 4 nitrogen and oxygen atoms in total. The Morgan fingerprint density at radius 1 is 1.24 bits per heavy atom. The Balaban J connectivity index is 1.82. The summed E-state index contributed by atoms with van der Waals surface area (Å²) in [6, 6.07) is 10.3. The molecule has 0 bridgehead atoms. The largest absolute Gasteiger partial charge is 0.376 e. The third-order valence-corrected chi connectivity index (χ3v) is 3.96. The molecule has 0 saturated carbocycles. The molecule has 1 N–H and O–H groups in total. The third-order valence-electron chi connectivity index (χ3n) is 3.44. The van der Waals surface area contributed by atoms with Crippen LogP contribution in [-0.2, 0) is 10.3 Å². The fourth-order valence-electron chi connectivity index (χ4n) is 2.19. The minimum Gasteiger partial charge on any atom is -0.376 e. The summed E-state index contributed by atoms with van der Waals surface area (Å²) in [6.07, 6.45) is 1.22. The Morgan fingerprint density at radius 2 is 1.95 bits per heavy atom. The van der Waals surface area contributed by atoms with Gasteiger partial charge in [0.15, 0.2) is 0 Å². The monoisotopic (exact) mass is 350 g/mol. The highest BCUT2D eigenvalue weighted by Gasteiger charge is 2.41. The van der Waals surface area contributed by atoms with Gasteiger partial charge in [0.05, 0.1) is 18.8 Å². The van der Waals surface area contributed by atoms with E-state index in [0.717, 1.165) is 10.0 Å². The van der Waals surface area contributed by atoms with E-state index in [0.29, 0.717) is 18.8 Å². The highest BCUT2D eigenvalue weighted by atomic mass is 79.9. The number of hydrogen-bond acceptors (Lipinski definition) is 3. The maximum Gasteiger partial charge on any atom is 0.253 e. The SMILES string of the molecule is O=C(NC1(c2ccc(Br)cc2)COC1)c1ccc(F)nc1. The molecule has 1 aromatic carbocycles. The van der Waals surface area contributed by atoms with E-state index < -0.39 is 11.5 Å². The molecule has 3 rings (SSSR count). The molecule has 1 amide bonds. The van der Waals surface area contributed by atoms with Crippen LogP contribution >= 0.6 is 15.9 Å². The van der Waals surface area contributed by atoms with Gasteiger partial charge in [-0.3, -0.25) is 4.79 Å². The Hall–Kier alpha value is -1.79. The molecule has 2 heterocycles. The summed E-state index contributed by atoms with van der Waals surface area (Å²) < 4.78 is 19.0. The average Bonchev–Trinajstić information content (AvgIpc) is 2.44. The Kier molecular flexibility index (Phi) is 3.73. The van der Waals surface area contributed by atoms with Crippen LogP contribution in [0.3, 0.4) is 0 Å². The Bertz CT molecular complexity index is 654. The number of nitrogens with one attached hydrogen (secondary N) is 1. The van der Waals surface area contributed by atoms with Crippen molar-refractivity contribution in [3.63, 3.8) is 0 Å². The van der Waals surface area contributed by atoms with Crippen molar-refractivity contribution in [1.82, 2.24) is 10.3 Å². The number of rotatable bonds is 3. The van der Waals surface area contributed by atoms with Gasteiger partial charge in [0.25, 0.3) is 5.91 Å². The normalized spacial score (nSPS) is 16.1. The first-order chi connectivity index (χ1) is 10.1. The van der Waals surface area contributed by atoms with Gasteiger partial charge in [-0.25, -0.2) is 4.98 Å². The van der Waals surface area contributed by atoms with Crippen molar-refractivity contribution in [1.29, 1.82) is 0 Å². The van der Waals surface area contributed by atoms with E-state index in [1.807, 2.05) is 24.3 Å². The molecule has 1 fully saturated rings. The van der Waals surface area contributed by atoms with Gasteiger partial charge in [0.1, 0.15) is 5.54 Å². The fraction of sp³-hybridized carbons (Fsp3) is 0.200. The Labute approximate surface area is 129 Å². The van der Waals surface area contributed by atoms with Crippen LogP contribution < -0.4 is 5.32 Å². The zero-order chi connectivity index (χ0) is 14.9. The van der Waals surface area contributed by atoms with E-state index in [1.165, 1.54) is 18.3 Å². The minimum atomic E-state index is -0.610. The lowest BCUT2D eigenvalue weighted by molar-refractivity contribution is -0.0734. The van der Waals surface area contributed by atoms with Crippen LogP contribution in [0.4, 0.5) is 4.39 Å². The predicted octanol–water partition coefficient (Wildman–Crippen LogP) is 2.64. The quantitative estimate of drug-likeness (QED) is 0.865. The van der Waals surface area contributed by atoms with Crippen LogP contribution in [0.1, 0.15) is 15.9 Å². The first kappa shape index (κ1) is 14.2. The molecule has 0 unspecified atom stereocenters. The predicted molar refractivity (Wildman–Crippen MR) is 78.3 cm³/mol. The molecule has 6 heteroatoms. The second-order valence-electron chi connectivity index (χ2n) is 4.91. The van der Waals surface area contributed by atoms with Gasteiger partial charge < -0.3 is 10.1 Å². The highest BCUT2D eigenvalue weighted by molar-refractivity contribution is 9.10. The molecule has 0 aliphatic carbocycles. The summed E-state index contributed by atoms with van der Waals surface area (Å²) in [4.78, 5) is 15.8. The van der Waals surface area contributed by atoms with Crippen LogP contribution in [0.15, 0.2) is 47.1 Å². The molecule has 0 radical (unpaired) electrons. The van der Waals surface area contributed by atoms with Gasteiger partial charge in [0.2, 0.25) is 5.95 Å². The van der Waals surface area contributed by atoms with Crippen LogP contribution in [0.5, 0.6) is 0 Å². The zero-order valence-electron chi connectivity index (χ0n) is 11.0. The van der Waals surface area contributed by atoms with Crippen molar-refractivity contribution in [2.24, 2.45) is 0 Å². The van der Waals surface area contributed by atoms with Crippen molar-refractivity contribution >= 4 is 21.8 Å². The number of carbonyl (C=O) groups is 1. The standard InChI is InChI=1S/C15H12BrFN2O2/c16-12-4-2-11(3-5-12)15(8-21-9-15)19-14(20)10-1-6-13(17)18-7-10/h1-7H,8-9H2,(H,19,20). The lowest BCUT2D eigenvalue weighted by Gasteiger charge is -2.42. The lowest BCUT2D eigenvalue weighted by Crippen LogP contribution is -2.59. The molecule has 1 saturated heterocycles. The first-order valence-electron chi connectivity index (χ1n) is 6.37. The molecule has 0 atom stereocenters. The van der Waals surface area contributed by atoms with Crippen molar-refractivity contribution in [2.75, 3.05) is 13.2 Å². The number of aromatic nitrogens is 1. The molecule has 0 spiro atoms. The van der Waals surface area contributed by atoms with E-state index in [1.54, 1.807) is 0 Å². The highest BCUT2D eigenvalue weighted by Crippen LogP contribution is 2.30. The second-order valence-corrected chi connectivity index (χ2v) is 5.82. The number of carbonyl (C=O) groups excluding carboxylic acids is 1. The molecule has 2 aromatic rings. The number of halogens is 2. The van der Waals surface area contributed by atoms with Gasteiger partial charge in [-0.15, -0.1) is 0 Å². The molecule has 1 aliphatic heterocycles. The first-order valence-corrected chi connectivity index (χ1v) is 7.16. The molecule has 108 valence electrons. The Morgan fingerprint density at radius 3 is 2.48 bits per heavy atom. The van der Waals surface area contributed by atoms with Gasteiger partial charge in [-0.05, 0) is 29.8 Å². The summed E-state index contributed by atoms with van der Waals surface area (Å²) in [5, 5.41) is 2.96. The maximum atomic E-state index is 12.8. The maximum absolute atomic E-state index is 12.8. The summed E-state index contributed by atoms with van der Waals surface area (Å²) in [6.45, 7) is 0.823. The van der Waals surface area contributed by atoms with Crippen molar-refractivity contribution in [3.8, 4) is 0 Å². The van der Waals surface area contributed by atoms with Gasteiger partial charge in [-0.2, -0.15) is 4.39 Å². The summed E-state index contributed by atoms with van der Waals surface area (Å²) in [7, 11) is 0. The average molecular weight is 351 g/mol. The third kappa shape index (κ3) is 2.82. The second kappa shape index (κ2) is 5.54. The molecular formula is C15H12BrFN2O2. The molecule has 1 aromatic heterocycles. The minimum absolute atomic E-state index is 0.297. The number of benzene rings is 1. The summed E-state index contributed by atoms with van der Waals surface area (Å²) >= 11 is 3.38. The smallest absolute Gasteiger partial charge is 0.253 e. The van der Waals surface area contributed by atoms with E-state index in [9.17, 15) is 9.18 Å². The van der Waals surface area contributed by atoms with Crippen molar-refractivity contribution < 1.29 is 13.9 Å². The number of pyridine rings is 1. The number of amides is 1. The molecular weight excluding hydrogens is 339 g/mol. The van der Waals surface area contributed by atoms with Crippen molar-refractivity contribution in [3.05, 3.63) is 64.1 Å². The topological polar surface area (TPSA) is 51.2 Å². The number of nitrogens with zero attached hydrogens (tertiary/aromatic N) is 1. The van der Waals surface area contributed by atoms with Gasteiger partial charge in [-0.1, -0.05) is 28.1 Å². The summed E-state index contributed by atoms with van der Waals surface area (Å²) in [5.41, 5.74) is 0.756. The number of hydrogen-bond donors (Lipinski definition) is 1. The van der Waals surface area contributed by atoms with Crippen molar-refractivity contribution in [2.45, 2.75) is 5.54 Å². The zero-order valence-corrected chi connectivity index (χ0v) is 12.6. The summed E-state index contributed by atoms with van der Waals surface area (Å²) in [5.74, 6) is -0.908. The van der Waals surface area contributed by atoms with Crippen LogP contribution in [-0.4, -0.2) is 24.1 Å². The van der Waals surface area contributed by atoms with E-state index in [-0.39, 0.29) is 5.91 Å². The fourth-order valence-corrected chi connectivity index (χ4v) is 2.45. The van der Waals surface area contributed by atoms with Crippen LogP contribution in [0, 0.1) is 5.95 Å². The van der Waals surface area contributed by atoms with Crippen LogP contribution in [0.2, 0.25) is 0 Å². The number of ether oxygens (including phenoxy) is 1. The van der Waals surface area contributed by atoms with E-state index in [4.69, 9.17) is 4.74 Å². The van der Waals surface area contributed by atoms with Gasteiger partial charge >= 0.3 is 0 Å². The van der Waals surface area contributed by atoms with E-state index in [2.05, 4.69) is 26.2 Å². The lowest BCUT2D eigenvalue weighted by atomic mass is 9.87. The van der Waals surface area contributed by atoms with E-state index >= 15 is 0 Å². The van der Waals surface area contributed by atoms with Crippen LogP contribution in [0.25, 0.3) is 0 Å².